The topological polar surface area (TPSA) is 78.9 Å². The van der Waals surface area contributed by atoms with Crippen molar-refractivity contribution in [2.24, 2.45) is 0 Å². The van der Waals surface area contributed by atoms with Gasteiger partial charge in [-0.2, -0.15) is 0 Å². The van der Waals surface area contributed by atoms with Gasteiger partial charge < -0.3 is 14.2 Å². The minimum absolute atomic E-state index is 0.0755. The molecule has 0 radical (unpaired) electrons. The highest BCUT2D eigenvalue weighted by Gasteiger charge is 2.19. The first-order chi connectivity index (χ1) is 36.5. The van der Waals surface area contributed by atoms with Crippen LogP contribution >= 0.6 is 0 Å². The zero-order valence-corrected chi connectivity index (χ0v) is 48.8. The highest BCUT2D eigenvalue weighted by atomic mass is 16.6. The van der Waals surface area contributed by atoms with Crippen molar-refractivity contribution in [2.75, 3.05) is 13.2 Å². The van der Waals surface area contributed by atoms with Crippen LogP contribution in [-0.2, 0) is 28.6 Å². The van der Waals surface area contributed by atoms with Gasteiger partial charge >= 0.3 is 17.9 Å². The molecule has 0 saturated heterocycles. The van der Waals surface area contributed by atoms with Gasteiger partial charge in [0.15, 0.2) is 6.10 Å². The van der Waals surface area contributed by atoms with Gasteiger partial charge in [-0.05, 0) is 96.3 Å². The SMILES string of the molecule is CC/C=C\C/C=C\C/C=C\C/C=C\C/C=C\C/C=C\CCCCCCCCCCCCCCCCC(=O)OCC(COC(=O)CCCCCCCCCCC)OC(=O)CCCCCCC/C=C\CCCCCCC. The molecule has 0 bridgehead atoms. The molecule has 1 unspecified atom stereocenters. The zero-order chi connectivity index (χ0) is 53.6. The molecular weight excluding hydrogens is 913 g/mol. The van der Waals surface area contributed by atoms with Gasteiger partial charge in [-0.1, -0.05) is 279 Å². The maximum absolute atomic E-state index is 12.8. The number of allylic oxidation sites excluding steroid dienone is 14. The Kier molecular flexibility index (Phi) is 59.3. The molecule has 0 aliphatic heterocycles. The Hall–Kier alpha value is -3.41. The Balaban J connectivity index is 4.09. The van der Waals surface area contributed by atoms with E-state index in [0.717, 1.165) is 109 Å². The molecule has 1 atom stereocenters. The second-order valence-electron chi connectivity index (χ2n) is 20.9. The van der Waals surface area contributed by atoms with E-state index in [2.05, 4.69) is 106 Å². The number of carbonyl (C=O) groups is 3. The largest absolute Gasteiger partial charge is 0.462 e. The monoisotopic (exact) mass is 1030 g/mol. The Labute approximate surface area is 458 Å². The maximum atomic E-state index is 12.8. The quantitative estimate of drug-likeness (QED) is 0.0261. The van der Waals surface area contributed by atoms with Gasteiger partial charge in [-0.25, -0.2) is 0 Å². The second kappa shape index (κ2) is 62.1. The molecule has 0 amide bonds. The summed E-state index contributed by atoms with van der Waals surface area (Å²) < 4.78 is 16.8. The van der Waals surface area contributed by atoms with Crippen molar-refractivity contribution < 1.29 is 28.6 Å². The Morgan fingerprint density at radius 1 is 0.284 bits per heavy atom. The average molecular weight is 1030 g/mol. The fourth-order valence-corrected chi connectivity index (χ4v) is 8.91. The fraction of sp³-hybridized carbons (Fsp3) is 0.750. The van der Waals surface area contributed by atoms with E-state index in [1.807, 2.05) is 0 Å². The van der Waals surface area contributed by atoms with Crippen molar-refractivity contribution in [2.45, 2.75) is 316 Å². The van der Waals surface area contributed by atoms with Crippen LogP contribution in [0.25, 0.3) is 0 Å². The van der Waals surface area contributed by atoms with Crippen molar-refractivity contribution in [1.82, 2.24) is 0 Å². The molecular formula is C68H118O6. The van der Waals surface area contributed by atoms with E-state index in [-0.39, 0.29) is 31.1 Å². The van der Waals surface area contributed by atoms with Crippen molar-refractivity contribution in [3.63, 3.8) is 0 Å². The molecule has 0 aromatic rings. The Morgan fingerprint density at radius 2 is 0.527 bits per heavy atom. The van der Waals surface area contributed by atoms with Crippen LogP contribution < -0.4 is 0 Å². The molecule has 6 nitrogen and oxygen atoms in total. The van der Waals surface area contributed by atoms with Crippen LogP contribution in [-0.4, -0.2) is 37.2 Å². The standard InChI is InChI=1S/C68H118O6/c1-4-7-10-13-16-19-21-23-25-26-27-28-29-30-31-32-33-34-35-36-37-38-39-40-41-42-43-45-46-49-52-55-58-61-67(70)73-64-65(63-72-66(69)60-57-54-51-48-18-15-12-9-6-3)74-68(71)62-59-56-53-50-47-44-24-22-20-17-14-11-8-5-2/h7,10,16,19,22-25,27-28,30-31,33-34,65H,4-6,8-9,11-15,17-18,20-21,26,29,32,35-64H2,1-3H3/b10-7-,19-16-,24-22-,25-23-,28-27-,31-30-,34-33-. The third-order valence-electron chi connectivity index (χ3n) is 13.6. The molecule has 6 heteroatoms. The van der Waals surface area contributed by atoms with Crippen LogP contribution in [0.5, 0.6) is 0 Å². The number of rotatable bonds is 57. The van der Waals surface area contributed by atoms with Crippen LogP contribution in [0.15, 0.2) is 85.1 Å². The molecule has 0 aliphatic carbocycles. The van der Waals surface area contributed by atoms with E-state index in [1.54, 1.807) is 0 Å². The molecule has 0 spiro atoms. The number of carbonyl (C=O) groups excluding carboxylic acids is 3. The summed E-state index contributed by atoms with van der Waals surface area (Å²) in [4.78, 5) is 38.1. The van der Waals surface area contributed by atoms with Gasteiger partial charge in [-0.3, -0.25) is 14.4 Å². The van der Waals surface area contributed by atoms with Crippen molar-refractivity contribution in [1.29, 1.82) is 0 Å². The summed E-state index contributed by atoms with van der Waals surface area (Å²) in [5, 5.41) is 0. The van der Waals surface area contributed by atoms with Gasteiger partial charge in [0.2, 0.25) is 0 Å². The summed E-state index contributed by atoms with van der Waals surface area (Å²) in [7, 11) is 0. The molecule has 0 aromatic carbocycles. The smallest absolute Gasteiger partial charge is 0.306 e. The lowest BCUT2D eigenvalue weighted by atomic mass is 10.0. The molecule has 0 aliphatic rings. The normalized spacial score (nSPS) is 12.6. The summed E-state index contributed by atoms with van der Waals surface area (Å²) in [6.07, 6.45) is 81.8. The molecule has 0 rings (SSSR count). The summed E-state index contributed by atoms with van der Waals surface area (Å²) >= 11 is 0. The lowest BCUT2D eigenvalue weighted by molar-refractivity contribution is -0.167. The van der Waals surface area contributed by atoms with E-state index in [0.29, 0.717) is 19.3 Å². The van der Waals surface area contributed by atoms with Crippen LogP contribution in [0.1, 0.15) is 310 Å². The molecule has 0 N–H and O–H groups in total. The summed E-state index contributed by atoms with van der Waals surface area (Å²) in [5.41, 5.74) is 0. The first kappa shape index (κ1) is 70.6. The maximum Gasteiger partial charge on any atom is 0.306 e. The summed E-state index contributed by atoms with van der Waals surface area (Å²) in [6, 6.07) is 0. The van der Waals surface area contributed by atoms with E-state index in [4.69, 9.17) is 14.2 Å². The highest BCUT2D eigenvalue weighted by molar-refractivity contribution is 5.71. The summed E-state index contributed by atoms with van der Waals surface area (Å²) in [5.74, 6) is -0.877. The minimum Gasteiger partial charge on any atom is -0.462 e. The van der Waals surface area contributed by atoms with E-state index < -0.39 is 6.10 Å². The predicted molar refractivity (Wildman–Crippen MR) is 321 cm³/mol. The number of hydrogen-bond donors (Lipinski definition) is 0. The number of hydrogen-bond acceptors (Lipinski definition) is 6. The molecule has 0 saturated carbocycles. The molecule has 0 fully saturated rings. The van der Waals surface area contributed by atoms with Crippen LogP contribution in [0.4, 0.5) is 0 Å². The molecule has 74 heavy (non-hydrogen) atoms. The van der Waals surface area contributed by atoms with E-state index >= 15 is 0 Å². The number of ether oxygens (including phenoxy) is 3. The minimum atomic E-state index is -0.776. The van der Waals surface area contributed by atoms with Gasteiger partial charge in [0.1, 0.15) is 13.2 Å². The lowest BCUT2D eigenvalue weighted by Crippen LogP contribution is -2.30. The molecule has 0 aromatic heterocycles. The third kappa shape index (κ3) is 59.5. The van der Waals surface area contributed by atoms with Crippen LogP contribution in [0.2, 0.25) is 0 Å². The first-order valence-electron chi connectivity index (χ1n) is 31.6. The van der Waals surface area contributed by atoms with Crippen molar-refractivity contribution in [3.8, 4) is 0 Å². The van der Waals surface area contributed by atoms with Crippen LogP contribution in [0, 0.1) is 0 Å². The second-order valence-corrected chi connectivity index (χ2v) is 20.9. The number of esters is 3. The van der Waals surface area contributed by atoms with Gasteiger partial charge in [-0.15, -0.1) is 0 Å². The lowest BCUT2D eigenvalue weighted by Gasteiger charge is -2.18. The van der Waals surface area contributed by atoms with E-state index in [1.165, 1.54) is 161 Å². The Bertz CT molecular complexity index is 1420. The zero-order valence-electron chi connectivity index (χ0n) is 48.8. The highest BCUT2D eigenvalue weighted by Crippen LogP contribution is 2.16. The average Bonchev–Trinajstić information content (AvgIpc) is 3.40. The fourth-order valence-electron chi connectivity index (χ4n) is 8.91. The third-order valence-corrected chi connectivity index (χ3v) is 13.6. The molecule has 0 heterocycles. The van der Waals surface area contributed by atoms with Crippen LogP contribution in [0.3, 0.4) is 0 Å². The van der Waals surface area contributed by atoms with E-state index in [9.17, 15) is 14.4 Å². The van der Waals surface area contributed by atoms with Gasteiger partial charge in [0, 0.05) is 19.3 Å². The predicted octanol–water partition coefficient (Wildman–Crippen LogP) is 21.5. The van der Waals surface area contributed by atoms with Crippen molar-refractivity contribution in [3.05, 3.63) is 85.1 Å². The van der Waals surface area contributed by atoms with Gasteiger partial charge in [0.05, 0.1) is 0 Å². The summed E-state index contributed by atoms with van der Waals surface area (Å²) in [6.45, 7) is 6.51. The van der Waals surface area contributed by atoms with Crippen molar-refractivity contribution >= 4 is 17.9 Å². The first-order valence-corrected chi connectivity index (χ1v) is 31.6. The van der Waals surface area contributed by atoms with Gasteiger partial charge in [0.25, 0.3) is 0 Å². The number of unbranched alkanes of at least 4 members (excludes halogenated alkanes) is 32. The molecule has 426 valence electrons. The Morgan fingerprint density at radius 3 is 0.838 bits per heavy atom.